The smallest absolute Gasteiger partial charge is 0.270 e. The zero-order valence-electron chi connectivity index (χ0n) is 14.4. The van der Waals surface area contributed by atoms with Crippen LogP contribution in [-0.2, 0) is 6.61 Å². The first-order valence-electron chi connectivity index (χ1n) is 7.96. The van der Waals surface area contributed by atoms with E-state index in [1.807, 2.05) is 18.2 Å². The molecule has 6 nitrogen and oxygen atoms in total. The van der Waals surface area contributed by atoms with Gasteiger partial charge in [0.15, 0.2) is 5.16 Å². The molecule has 27 heavy (non-hydrogen) atoms. The molecule has 1 aromatic heterocycles. The molecule has 0 spiro atoms. The molecular weight excluding hydrogens is 360 g/mol. The molecule has 3 aromatic rings. The number of rotatable bonds is 5. The van der Waals surface area contributed by atoms with Crippen LogP contribution in [0.2, 0.25) is 0 Å². The maximum atomic E-state index is 12.0. The first kappa shape index (κ1) is 18.2. The topological polar surface area (TPSA) is 103 Å². The highest BCUT2D eigenvalue weighted by atomic mass is 32.2. The van der Waals surface area contributed by atoms with Crippen molar-refractivity contribution in [2.45, 2.75) is 11.8 Å². The Hall–Kier alpha value is -3.55. The van der Waals surface area contributed by atoms with Gasteiger partial charge in [-0.15, -0.1) is 0 Å². The van der Waals surface area contributed by atoms with E-state index in [4.69, 9.17) is 10.00 Å². The van der Waals surface area contributed by atoms with Crippen molar-refractivity contribution in [3.8, 4) is 29.1 Å². The van der Waals surface area contributed by atoms with Crippen molar-refractivity contribution in [3.63, 3.8) is 0 Å². The summed E-state index contributed by atoms with van der Waals surface area (Å²) in [5, 5.41) is 18.8. The van der Waals surface area contributed by atoms with E-state index in [1.54, 1.807) is 42.7 Å². The Balaban J connectivity index is 1.84. The molecule has 0 saturated carbocycles. The number of H-pyrrole nitrogens is 1. The summed E-state index contributed by atoms with van der Waals surface area (Å²) in [6, 6.07) is 18.3. The third kappa shape index (κ3) is 4.00. The summed E-state index contributed by atoms with van der Waals surface area (Å²) in [6.07, 6.45) is 1.80. The van der Waals surface area contributed by atoms with Crippen molar-refractivity contribution in [2.75, 3.05) is 6.26 Å². The van der Waals surface area contributed by atoms with Gasteiger partial charge in [-0.1, -0.05) is 30.0 Å². The van der Waals surface area contributed by atoms with Gasteiger partial charge >= 0.3 is 0 Å². The Labute approximate surface area is 160 Å². The van der Waals surface area contributed by atoms with Crippen molar-refractivity contribution >= 4 is 11.8 Å². The standard InChI is InChI=1S/C20H14N4O2S/c1-27-20-23-18(17(11-22)19(25)24-20)13-6-8-16(9-7-13)26-12-15-5-3-2-4-14(15)10-21/h2-9H,12H2,1H3,(H,23,24,25). The fraction of sp³-hybridized carbons (Fsp3) is 0.100. The van der Waals surface area contributed by atoms with E-state index in [-0.39, 0.29) is 12.2 Å². The number of nitriles is 2. The van der Waals surface area contributed by atoms with Crippen LogP contribution in [0.4, 0.5) is 0 Å². The summed E-state index contributed by atoms with van der Waals surface area (Å²) in [5.41, 5.74) is 1.89. The van der Waals surface area contributed by atoms with Gasteiger partial charge in [0.1, 0.15) is 24.0 Å². The summed E-state index contributed by atoms with van der Waals surface area (Å²) >= 11 is 1.30. The molecule has 2 aromatic carbocycles. The van der Waals surface area contributed by atoms with Crippen molar-refractivity contribution < 1.29 is 4.74 Å². The average Bonchev–Trinajstić information content (AvgIpc) is 2.72. The lowest BCUT2D eigenvalue weighted by Crippen LogP contribution is -2.14. The molecule has 132 valence electrons. The summed E-state index contributed by atoms with van der Waals surface area (Å²) in [6.45, 7) is 0.270. The summed E-state index contributed by atoms with van der Waals surface area (Å²) < 4.78 is 5.74. The molecule has 0 fully saturated rings. The highest BCUT2D eigenvalue weighted by molar-refractivity contribution is 7.98. The van der Waals surface area contributed by atoms with E-state index in [0.29, 0.717) is 27.7 Å². The number of thioether (sulfide) groups is 1. The van der Waals surface area contributed by atoms with Gasteiger partial charge < -0.3 is 9.72 Å². The predicted molar refractivity (Wildman–Crippen MR) is 102 cm³/mol. The lowest BCUT2D eigenvalue weighted by molar-refractivity contribution is 0.306. The summed E-state index contributed by atoms with van der Waals surface area (Å²) in [4.78, 5) is 18.9. The van der Waals surface area contributed by atoms with Gasteiger partial charge in [0.2, 0.25) is 0 Å². The van der Waals surface area contributed by atoms with Gasteiger partial charge in [0, 0.05) is 11.1 Å². The summed E-state index contributed by atoms with van der Waals surface area (Å²) in [5.74, 6) is 0.611. The number of benzene rings is 2. The molecule has 0 saturated heterocycles. The lowest BCUT2D eigenvalue weighted by atomic mass is 10.1. The first-order chi connectivity index (χ1) is 13.2. The number of hydrogen-bond donors (Lipinski definition) is 1. The molecule has 3 rings (SSSR count). The van der Waals surface area contributed by atoms with Crippen LogP contribution < -0.4 is 10.3 Å². The maximum Gasteiger partial charge on any atom is 0.270 e. The Morgan fingerprint density at radius 1 is 1.11 bits per heavy atom. The molecule has 0 bridgehead atoms. The van der Waals surface area contributed by atoms with E-state index < -0.39 is 5.56 Å². The highest BCUT2D eigenvalue weighted by Gasteiger charge is 2.13. The quantitative estimate of drug-likeness (QED) is 0.542. The highest BCUT2D eigenvalue weighted by Crippen LogP contribution is 2.24. The number of ether oxygens (including phenoxy) is 1. The second-order valence-corrected chi connectivity index (χ2v) is 6.29. The Bertz CT molecular complexity index is 1110. The molecule has 0 unspecified atom stereocenters. The van der Waals surface area contributed by atoms with E-state index in [2.05, 4.69) is 16.0 Å². The van der Waals surface area contributed by atoms with E-state index in [1.165, 1.54) is 11.8 Å². The van der Waals surface area contributed by atoms with Gasteiger partial charge in [-0.3, -0.25) is 4.79 Å². The Morgan fingerprint density at radius 3 is 2.52 bits per heavy atom. The van der Waals surface area contributed by atoms with Crippen LogP contribution in [0.15, 0.2) is 58.5 Å². The van der Waals surface area contributed by atoms with Crippen LogP contribution in [0, 0.1) is 22.7 Å². The number of hydrogen-bond acceptors (Lipinski definition) is 6. The minimum Gasteiger partial charge on any atom is -0.489 e. The normalized spacial score (nSPS) is 10.0. The second-order valence-electron chi connectivity index (χ2n) is 5.49. The third-order valence-corrected chi connectivity index (χ3v) is 4.44. The van der Waals surface area contributed by atoms with Crippen molar-refractivity contribution in [3.05, 3.63) is 75.6 Å². The largest absolute Gasteiger partial charge is 0.489 e. The van der Waals surface area contributed by atoms with Crippen LogP contribution in [0.1, 0.15) is 16.7 Å². The minimum atomic E-state index is -0.458. The number of nitrogens with one attached hydrogen (secondary N) is 1. The molecule has 0 aliphatic carbocycles. The van der Waals surface area contributed by atoms with Crippen LogP contribution in [0.25, 0.3) is 11.3 Å². The van der Waals surface area contributed by atoms with Gasteiger partial charge in [0.05, 0.1) is 17.3 Å². The predicted octanol–water partition coefficient (Wildman–Crippen LogP) is 3.48. The Morgan fingerprint density at radius 2 is 1.85 bits per heavy atom. The number of aromatic amines is 1. The van der Waals surface area contributed by atoms with Crippen molar-refractivity contribution in [1.82, 2.24) is 9.97 Å². The zero-order valence-corrected chi connectivity index (χ0v) is 15.2. The molecule has 0 aliphatic heterocycles. The minimum absolute atomic E-state index is 0.0237. The van der Waals surface area contributed by atoms with Crippen LogP contribution >= 0.6 is 11.8 Å². The molecule has 0 aliphatic rings. The number of aromatic nitrogens is 2. The summed E-state index contributed by atoms with van der Waals surface area (Å²) in [7, 11) is 0. The molecule has 0 amide bonds. The van der Waals surface area contributed by atoms with Crippen molar-refractivity contribution in [2.24, 2.45) is 0 Å². The fourth-order valence-corrected chi connectivity index (χ4v) is 2.86. The van der Waals surface area contributed by atoms with Gasteiger partial charge in [-0.25, -0.2) is 4.98 Å². The SMILES string of the molecule is CSc1nc(-c2ccc(OCc3ccccc3C#N)cc2)c(C#N)c(=O)[nH]1. The second kappa shape index (κ2) is 8.22. The van der Waals surface area contributed by atoms with Gasteiger partial charge in [0.25, 0.3) is 5.56 Å². The molecule has 7 heteroatoms. The van der Waals surface area contributed by atoms with Crippen LogP contribution in [0.5, 0.6) is 5.75 Å². The molecule has 0 radical (unpaired) electrons. The van der Waals surface area contributed by atoms with E-state index in [0.717, 1.165) is 5.56 Å². The lowest BCUT2D eigenvalue weighted by Gasteiger charge is -2.09. The molecule has 1 heterocycles. The van der Waals surface area contributed by atoms with Crippen LogP contribution in [0.3, 0.4) is 0 Å². The fourth-order valence-electron chi connectivity index (χ4n) is 2.49. The van der Waals surface area contributed by atoms with Crippen LogP contribution in [-0.4, -0.2) is 16.2 Å². The molecular formula is C20H14N4O2S. The van der Waals surface area contributed by atoms with Crippen molar-refractivity contribution in [1.29, 1.82) is 10.5 Å². The first-order valence-corrected chi connectivity index (χ1v) is 9.18. The van der Waals surface area contributed by atoms with E-state index in [9.17, 15) is 10.1 Å². The van der Waals surface area contributed by atoms with Gasteiger partial charge in [-0.05, 0) is 36.6 Å². The maximum absolute atomic E-state index is 12.0. The molecule has 0 atom stereocenters. The molecule has 1 N–H and O–H groups in total. The number of nitrogens with zero attached hydrogens (tertiary/aromatic N) is 3. The van der Waals surface area contributed by atoms with Gasteiger partial charge in [-0.2, -0.15) is 10.5 Å². The Kier molecular flexibility index (Phi) is 5.55. The van der Waals surface area contributed by atoms with E-state index >= 15 is 0 Å². The zero-order chi connectivity index (χ0) is 19.2. The third-order valence-electron chi connectivity index (χ3n) is 3.86. The monoisotopic (exact) mass is 374 g/mol. The average molecular weight is 374 g/mol.